The molecule has 0 saturated heterocycles. The Morgan fingerprint density at radius 3 is 1.68 bits per heavy atom. The van der Waals surface area contributed by atoms with Gasteiger partial charge in [0.05, 0.1) is 12.4 Å². The summed E-state index contributed by atoms with van der Waals surface area (Å²) in [7, 11) is 0. The van der Waals surface area contributed by atoms with E-state index < -0.39 is 0 Å². The molecule has 6 heteroatoms. The topological polar surface area (TPSA) is 59.3 Å². The average molecular weight is 288 g/mol. The molecule has 0 aliphatic heterocycles. The summed E-state index contributed by atoms with van der Waals surface area (Å²) in [6, 6.07) is 11.7. The molecule has 0 saturated carbocycles. The van der Waals surface area contributed by atoms with E-state index in [0.29, 0.717) is 0 Å². The van der Waals surface area contributed by atoms with Crippen molar-refractivity contribution in [1.82, 2.24) is 18.8 Å². The number of hydrogen-bond acceptors (Lipinski definition) is 4. The van der Waals surface area contributed by atoms with Crippen LogP contribution in [-0.4, -0.2) is 31.2 Å². The van der Waals surface area contributed by atoms with Crippen LogP contribution in [0, 0.1) is 0 Å². The van der Waals surface area contributed by atoms with Crippen LogP contribution in [0.2, 0.25) is 0 Å². The van der Waals surface area contributed by atoms with Gasteiger partial charge in [-0.05, 0) is 24.3 Å². The Kier molecular flexibility index (Phi) is 2.97. The Morgan fingerprint density at radius 1 is 0.727 bits per heavy atom. The number of pyridine rings is 2. The van der Waals surface area contributed by atoms with Crippen molar-refractivity contribution in [1.29, 1.82) is 0 Å². The standard InChI is InChI=1S/C16H12N6/c1-3-7-21-11-13(19-15(21)5-1)9-17-18-10-14-12-22-8-4-2-6-16(22)20-14/h1-12H/b17-9+,18-10+. The molecule has 4 aromatic rings. The van der Waals surface area contributed by atoms with E-state index in [1.165, 1.54) is 0 Å². The van der Waals surface area contributed by atoms with Crippen LogP contribution < -0.4 is 0 Å². The van der Waals surface area contributed by atoms with Crippen molar-refractivity contribution in [3.8, 4) is 0 Å². The molecule has 0 atom stereocenters. The third-order valence-corrected chi connectivity index (χ3v) is 3.21. The molecule has 0 unspecified atom stereocenters. The van der Waals surface area contributed by atoms with E-state index in [2.05, 4.69) is 20.2 Å². The Balaban J connectivity index is 1.53. The van der Waals surface area contributed by atoms with Gasteiger partial charge in [0.25, 0.3) is 0 Å². The summed E-state index contributed by atoms with van der Waals surface area (Å²) in [6.45, 7) is 0. The molecule has 0 aromatic carbocycles. The van der Waals surface area contributed by atoms with Gasteiger partial charge in [-0.3, -0.25) is 0 Å². The molecule has 0 N–H and O–H groups in total. The quantitative estimate of drug-likeness (QED) is 0.429. The first-order chi connectivity index (χ1) is 10.9. The van der Waals surface area contributed by atoms with Gasteiger partial charge in [0, 0.05) is 24.8 Å². The molecular weight excluding hydrogens is 276 g/mol. The van der Waals surface area contributed by atoms with Crippen molar-refractivity contribution < 1.29 is 0 Å². The fraction of sp³-hybridized carbons (Fsp3) is 0. The van der Waals surface area contributed by atoms with Gasteiger partial charge < -0.3 is 8.80 Å². The van der Waals surface area contributed by atoms with Crippen LogP contribution in [-0.2, 0) is 0 Å². The van der Waals surface area contributed by atoms with E-state index in [1.807, 2.05) is 70.0 Å². The highest BCUT2D eigenvalue weighted by molar-refractivity contribution is 5.81. The molecular formula is C16H12N6. The van der Waals surface area contributed by atoms with Gasteiger partial charge in [-0.15, -0.1) is 0 Å². The second-order valence-electron chi connectivity index (χ2n) is 4.75. The summed E-state index contributed by atoms with van der Waals surface area (Å²) in [5.74, 6) is 0. The minimum Gasteiger partial charge on any atom is -0.306 e. The summed E-state index contributed by atoms with van der Waals surface area (Å²) < 4.78 is 3.88. The molecule has 0 fully saturated rings. The minimum absolute atomic E-state index is 0.762. The largest absolute Gasteiger partial charge is 0.306 e. The third kappa shape index (κ3) is 2.37. The molecule has 0 amide bonds. The van der Waals surface area contributed by atoms with E-state index in [1.54, 1.807) is 12.4 Å². The lowest BCUT2D eigenvalue weighted by atomic mass is 10.5. The number of rotatable bonds is 3. The Bertz CT molecular complexity index is 844. The number of fused-ring (bicyclic) bond motifs is 2. The lowest BCUT2D eigenvalue weighted by Crippen LogP contribution is -1.80. The molecule has 0 spiro atoms. The fourth-order valence-electron chi connectivity index (χ4n) is 2.22. The van der Waals surface area contributed by atoms with Crippen LogP contribution in [0.5, 0.6) is 0 Å². The van der Waals surface area contributed by atoms with Gasteiger partial charge >= 0.3 is 0 Å². The fourth-order valence-corrected chi connectivity index (χ4v) is 2.22. The molecule has 0 bridgehead atoms. The molecule has 106 valence electrons. The Labute approximate surface area is 126 Å². The summed E-state index contributed by atoms with van der Waals surface area (Å²) in [5, 5.41) is 8.04. The normalized spacial score (nSPS) is 12.2. The molecule has 0 aliphatic carbocycles. The van der Waals surface area contributed by atoms with Crippen molar-refractivity contribution in [2.75, 3.05) is 0 Å². The highest BCUT2D eigenvalue weighted by Crippen LogP contribution is 2.03. The maximum atomic E-state index is 4.41. The van der Waals surface area contributed by atoms with Crippen molar-refractivity contribution in [3.05, 3.63) is 72.6 Å². The highest BCUT2D eigenvalue weighted by atomic mass is 15.2. The second kappa shape index (κ2) is 5.25. The van der Waals surface area contributed by atoms with Crippen LogP contribution in [0.3, 0.4) is 0 Å². The zero-order valence-corrected chi connectivity index (χ0v) is 11.6. The van der Waals surface area contributed by atoms with E-state index in [0.717, 1.165) is 22.7 Å². The number of nitrogens with zero attached hydrogens (tertiary/aromatic N) is 6. The van der Waals surface area contributed by atoms with Crippen LogP contribution in [0.1, 0.15) is 11.4 Å². The first-order valence-corrected chi connectivity index (χ1v) is 6.82. The van der Waals surface area contributed by atoms with Gasteiger partial charge in [0.1, 0.15) is 22.7 Å². The van der Waals surface area contributed by atoms with Crippen molar-refractivity contribution in [3.63, 3.8) is 0 Å². The van der Waals surface area contributed by atoms with Crippen LogP contribution in [0.15, 0.2) is 71.4 Å². The van der Waals surface area contributed by atoms with Gasteiger partial charge in [0.15, 0.2) is 0 Å². The van der Waals surface area contributed by atoms with Gasteiger partial charge in [-0.1, -0.05) is 12.1 Å². The smallest absolute Gasteiger partial charge is 0.137 e. The zero-order valence-electron chi connectivity index (χ0n) is 11.6. The monoisotopic (exact) mass is 288 g/mol. The van der Waals surface area contributed by atoms with Crippen molar-refractivity contribution in [2.24, 2.45) is 10.2 Å². The SMILES string of the molecule is C(=N\N=C\c1cn2ccccc2n1)/c1cn2ccccc2n1. The first kappa shape index (κ1) is 12.5. The zero-order chi connectivity index (χ0) is 14.8. The lowest BCUT2D eigenvalue weighted by molar-refractivity contribution is 1.19. The molecule has 4 aromatic heterocycles. The Morgan fingerprint density at radius 2 is 1.23 bits per heavy atom. The number of hydrogen-bond donors (Lipinski definition) is 0. The van der Waals surface area contributed by atoms with Gasteiger partial charge in [-0.25, -0.2) is 9.97 Å². The highest BCUT2D eigenvalue weighted by Gasteiger charge is 1.98. The Hall–Kier alpha value is -3.28. The van der Waals surface area contributed by atoms with E-state index in [9.17, 15) is 0 Å². The predicted molar refractivity (Wildman–Crippen MR) is 85.6 cm³/mol. The van der Waals surface area contributed by atoms with Crippen LogP contribution in [0.25, 0.3) is 11.3 Å². The van der Waals surface area contributed by atoms with Crippen molar-refractivity contribution >= 4 is 23.7 Å². The summed E-state index contributed by atoms with van der Waals surface area (Å²) in [4.78, 5) is 8.82. The summed E-state index contributed by atoms with van der Waals surface area (Å²) in [6.07, 6.45) is 10.9. The molecule has 4 rings (SSSR count). The summed E-state index contributed by atoms with van der Waals surface area (Å²) >= 11 is 0. The molecule has 0 radical (unpaired) electrons. The van der Waals surface area contributed by atoms with Crippen molar-refractivity contribution in [2.45, 2.75) is 0 Å². The van der Waals surface area contributed by atoms with Gasteiger partial charge in [0.2, 0.25) is 0 Å². The lowest BCUT2D eigenvalue weighted by Gasteiger charge is -1.86. The molecule has 0 aliphatic rings. The van der Waals surface area contributed by atoms with E-state index in [-0.39, 0.29) is 0 Å². The van der Waals surface area contributed by atoms with Crippen LogP contribution >= 0.6 is 0 Å². The number of aromatic nitrogens is 4. The molecule has 6 nitrogen and oxygen atoms in total. The average Bonchev–Trinajstić information content (AvgIpc) is 3.14. The molecule has 4 heterocycles. The second-order valence-corrected chi connectivity index (χ2v) is 4.75. The predicted octanol–water partition coefficient (Wildman–Crippen LogP) is 2.44. The molecule has 22 heavy (non-hydrogen) atoms. The van der Waals surface area contributed by atoms with E-state index in [4.69, 9.17) is 0 Å². The maximum Gasteiger partial charge on any atom is 0.137 e. The maximum absolute atomic E-state index is 4.41. The first-order valence-electron chi connectivity index (χ1n) is 6.82. The van der Waals surface area contributed by atoms with Gasteiger partial charge in [-0.2, -0.15) is 10.2 Å². The van der Waals surface area contributed by atoms with E-state index >= 15 is 0 Å². The minimum atomic E-state index is 0.762. The van der Waals surface area contributed by atoms with Crippen LogP contribution in [0.4, 0.5) is 0 Å². The number of imidazole rings is 2. The summed E-state index contributed by atoms with van der Waals surface area (Å²) in [5.41, 5.74) is 3.29. The third-order valence-electron chi connectivity index (χ3n) is 3.21.